The molecule has 0 spiro atoms. The van der Waals surface area contributed by atoms with Crippen LogP contribution in [0.15, 0.2) is 58.7 Å². The second-order valence-electron chi connectivity index (χ2n) is 7.89. The largest absolute Gasteiger partial charge is 0.495 e. The molecule has 0 radical (unpaired) electrons. The van der Waals surface area contributed by atoms with Crippen LogP contribution in [0.2, 0.25) is 0 Å². The number of carbonyl (C=O) groups excluding carboxylic acids is 1. The van der Waals surface area contributed by atoms with Crippen LogP contribution in [0.1, 0.15) is 31.2 Å². The first kappa shape index (κ1) is 27.2. The predicted octanol–water partition coefficient (Wildman–Crippen LogP) is 6.75. The van der Waals surface area contributed by atoms with E-state index in [9.17, 15) is 26.7 Å². The Kier molecular flexibility index (Phi) is 8.74. The summed E-state index contributed by atoms with van der Waals surface area (Å²) < 4.78 is 71.4. The second kappa shape index (κ2) is 11.6. The number of methoxy groups -OCH3 is 1. The van der Waals surface area contributed by atoms with Crippen LogP contribution in [0.4, 0.5) is 27.6 Å². The molecular formula is C25H22F5N3O2S. The van der Waals surface area contributed by atoms with Gasteiger partial charge >= 0.3 is 6.18 Å². The fourth-order valence-electron chi connectivity index (χ4n) is 3.84. The molecule has 0 aliphatic carbocycles. The van der Waals surface area contributed by atoms with Crippen molar-refractivity contribution >= 4 is 28.4 Å². The third kappa shape index (κ3) is 6.43. The molecule has 36 heavy (non-hydrogen) atoms. The van der Waals surface area contributed by atoms with E-state index in [-0.39, 0.29) is 34.1 Å². The molecule has 190 valence electrons. The highest BCUT2D eigenvalue weighted by atomic mass is 32.2. The lowest BCUT2D eigenvalue weighted by Gasteiger charge is -2.27. The summed E-state index contributed by atoms with van der Waals surface area (Å²) in [5.74, 6) is -3.21. The number of hydrogen-bond donors (Lipinski definition) is 1. The summed E-state index contributed by atoms with van der Waals surface area (Å²) in [6.45, 7) is 9.26. The van der Waals surface area contributed by atoms with Gasteiger partial charge in [-0.15, -0.1) is 11.8 Å². The van der Waals surface area contributed by atoms with Crippen LogP contribution < -0.4 is 10.1 Å². The molecule has 1 heterocycles. The van der Waals surface area contributed by atoms with E-state index in [0.29, 0.717) is 17.5 Å². The van der Waals surface area contributed by atoms with E-state index in [0.717, 1.165) is 23.9 Å². The number of benzene rings is 2. The summed E-state index contributed by atoms with van der Waals surface area (Å²) in [6, 6.07) is 8.25. The number of aliphatic imine (C=N–C) groups is 1. The topological polar surface area (TPSA) is 55.0 Å². The third-order valence-corrected chi connectivity index (χ3v) is 6.56. The lowest BCUT2D eigenvalue weighted by atomic mass is 9.82. The molecular weight excluding hydrogens is 501 g/mol. The number of ether oxygens (including phenoxy) is 1. The number of halogens is 5. The summed E-state index contributed by atoms with van der Waals surface area (Å²) >= 11 is 0.960. The highest BCUT2D eigenvalue weighted by Gasteiger charge is 2.44. The zero-order chi connectivity index (χ0) is 26.5. The number of anilines is 1. The Hall–Kier alpha value is -3.39. The molecule has 5 nitrogen and oxygen atoms in total. The van der Waals surface area contributed by atoms with Gasteiger partial charge in [0.2, 0.25) is 0 Å². The van der Waals surface area contributed by atoms with E-state index in [1.807, 2.05) is 0 Å². The number of hydrogen-bond acceptors (Lipinski definition) is 4. The highest BCUT2D eigenvalue weighted by Crippen LogP contribution is 2.41. The van der Waals surface area contributed by atoms with E-state index >= 15 is 0 Å². The van der Waals surface area contributed by atoms with Gasteiger partial charge in [-0.3, -0.25) is 4.79 Å². The molecule has 2 unspecified atom stereocenters. The Morgan fingerprint density at radius 3 is 2.58 bits per heavy atom. The average Bonchev–Trinajstić information content (AvgIpc) is 2.81. The summed E-state index contributed by atoms with van der Waals surface area (Å²) in [4.78, 5) is 21.3. The molecule has 1 aliphatic rings. The summed E-state index contributed by atoms with van der Waals surface area (Å²) in [5.41, 5.74) is 0.408. The standard InChI is InChI=1S/C25H22F5N3O2S/c1-14-20(23(34)33-18-7-4-5-8-19(18)35-3)21(16-10-9-15(26)13-17(16)27)22(31-2)24(32-14)36-12-6-11-25(28,29)30/h4-5,7-10,13,21-22H,6,11-12H2,1,3H3,(H,33,34). The molecule has 2 aromatic rings. The molecule has 0 saturated heterocycles. The molecule has 1 aliphatic heterocycles. The van der Waals surface area contributed by atoms with Crippen LogP contribution >= 0.6 is 11.8 Å². The van der Waals surface area contributed by atoms with Crippen molar-refractivity contribution in [2.75, 3.05) is 18.2 Å². The van der Waals surface area contributed by atoms with Gasteiger partial charge in [0.1, 0.15) is 23.3 Å². The number of amides is 1. The lowest BCUT2D eigenvalue weighted by molar-refractivity contribution is -0.134. The first-order valence-electron chi connectivity index (χ1n) is 10.8. The van der Waals surface area contributed by atoms with E-state index < -0.39 is 42.1 Å². The van der Waals surface area contributed by atoms with Crippen LogP contribution in [-0.4, -0.2) is 36.0 Å². The summed E-state index contributed by atoms with van der Waals surface area (Å²) in [5, 5.41) is 2.87. The summed E-state index contributed by atoms with van der Waals surface area (Å²) in [6.07, 6.45) is -5.50. The number of carbonyl (C=O) groups is 1. The lowest BCUT2D eigenvalue weighted by Crippen LogP contribution is -2.34. The molecule has 11 heteroatoms. The van der Waals surface area contributed by atoms with Gasteiger partial charge in [0, 0.05) is 23.7 Å². The number of alkyl halides is 3. The van der Waals surface area contributed by atoms with Gasteiger partial charge in [-0.25, -0.2) is 20.3 Å². The summed E-state index contributed by atoms with van der Waals surface area (Å²) in [7, 11) is 1.42. The quantitative estimate of drug-likeness (QED) is 0.248. The number of thioether (sulfide) groups is 1. The molecule has 0 fully saturated rings. The second-order valence-corrected chi connectivity index (χ2v) is 9.00. The van der Waals surface area contributed by atoms with Gasteiger partial charge < -0.3 is 14.9 Å². The first-order valence-corrected chi connectivity index (χ1v) is 11.8. The molecule has 0 saturated carbocycles. The molecule has 1 amide bonds. The van der Waals surface area contributed by atoms with Crippen molar-refractivity contribution in [1.29, 1.82) is 0 Å². The minimum atomic E-state index is -4.31. The normalized spacial score (nSPS) is 17.9. The van der Waals surface area contributed by atoms with Gasteiger partial charge in [0.05, 0.1) is 18.4 Å². The average molecular weight is 524 g/mol. The number of rotatable bonds is 7. The Morgan fingerprint density at radius 2 is 1.94 bits per heavy atom. The van der Waals surface area contributed by atoms with Crippen molar-refractivity contribution < 1.29 is 31.5 Å². The number of para-hydroxylation sites is 2. The number of nitrogens with one attached hydrogen (secondary N) is 1. The Balaban J connectivity index is 2.03. The molecule has 1 N–H and O–H groups in total. The smallest absolute Gasteiger partial charge is 0.389 e. The van der Waals surface area contributed by atoms with Crippen LogP contribution in [0.3, 0.4) is 0 Å². The van der Waals surface area contributed by atoms with E-state index in [2.05, 4.69) is 15.2 Å². The van der Waals surface area contributed by atoms with Crippen molar-refractivity contribution in [2.24, 2.45) is 4.99 Å². The Bertz CT molecular complexity index is 1240. The zero-order valence-corrected chi connectivity index (χ0v) is 20.1. The predicted molar refractivity (Wildman–Crippen MR) is 129 cm³/mol. The van der Waals surface area contributed by atoms with Gasteiger partial charge in [-0.05, 0) is 37.3 Å². The maximum atomic E-state index is 14.9. The fourth-order valence-corrected chi connectivity index (χ4v) is 4.90. The van der Waals surface area contributed by atoms with Crippen LogP contribution in [-0.2, 0) is 4.79 Å². The van der Waals surface area contributed by atoms with Crippen LogP contribution in [0.5, 0.6) is 5.75 Å². The van der Waals surface area contributed by atoms with Gasteiger partial charge in [0.25, 0.3) is 11.9 Å². The molecule has 2 atom stereocenters. The van der Waals surface area contributed by atoms with Gasteiger partial charge in [-0.1, -0.05) is 18.2 Å². The maximum Gasteiger partial charge on any atom is 0.389 e. The molecule has 2 aromatic carbocycles. The van der Waals surface area contributed by atoms with Gasteiger partial charge in [-0.2, -0.15) is 13.2 Å². The fraction of sp³-hybridized carbons (Fsp3) is 0.320. The van der Waals surface area contributed by atoms with Crippen molar-refractivity contribution in [3.8, 4) is 5.75 Å². The number of nitrogens with zero attached hydrogens (tertiary/aromatic N) is 2. The van der Waals surface area contributed by atoms with Crippen molar-refractivity contribution in [3.63, 3.8) is 0 Å². The number of allylic oxidation sites excluding steroid dienone is 1. The zero-order valence-electron chi connectivity index (χ0n) is 19.3. The minimum Gasteiger partial charge on any atom is -0.495 e. The van der Waals surface area contributed by atoms with Crippen molar-refractivity contribution in [2.45, 2.75) is 37.9 Å². The van der Waals surface area contributed by atoms with Gasteiger partial charge in [0.15, 0.2) is 5.04 Å². The van der Waals surface area contributed by atoms with Crippen LogP contribution in [0.25, 0.3) is 4.85 Å². The minimum absolute atomic E-state index is 0.00736. The Labute approximate surface area is 209 Å². The van der Waals surface area contributed by atoms with Crippen molar-refractivity contribution in [1.82, 2.24) is 0 Å². The Morgan fingerprint density at radius 1 is 1.22 bits per heavy atom. The van der Waals surface area contributed by atoms with E-state index in [4.69, 9.17) is 11.3 Å². The third-order valence-electron chi connectivity index (χ3n) is 5.44. The van der Waals surface area contributed by atoms with Crippen molar-refractivity contribution in [3.05, 3.63) is 82.3 Å². The maximum absolute atomic E-state index is 14.9. The highest BCUT2D eigenvalue weighted by molar-refractivity contribution is 8.14. The van der Waals surface area contributed by atoms with E-state index in [1.54, 1.807) is 24.3 Å². The molecule has 0 aromatic heterocycles. The van der Waals surface area contributed by atoms with E-state index in [1.165, 1.54) is 14.0 Å². The monoisotopic (exact) mass is 523 g/mol. The first-order chi connectivity index (χ1) is 17.1. The molecule has 3 rings (SSSR count). The molecule has 0 bridgehead atoms. The van der Waals surface area contributed by atoms with Crippen LogP contribution in [0, 0.1) is 18.2 Å². The SMILES string of the molecule is [C-]#[N+]C1C(SCCCC(F)(F)F)=NC(C)=C(C(=O)Nc2ccccc2OC)C1c1ccc(F)cc1F.